The third-order valence-corrected chi connectivity index (χ3v) is 2.98. The zero-order chi connectivity index (χ0) is 12.5. The van der Waals surface area contributed by atoms with Crippen molar-refractivity contribution in [2.75, 3.05) is 0 Å². The van der Waals surface area contributed by atoms with Gasteiger partial charge in [0, 0.05) is 22.7 Å². The van der Waals surface area contributed by atoms with Gasteiger partial charge >= 0.3 is 0 Å². The van der Waals surface area contributed by atoms with E-state index in [1.54, 1.807) is 12.3 Å². The third-order valence-electron chi connectivity index (χ3n) is 2.98. The summed E-state index contributed by atoms with van der Waals surface area (Å²) in [6.07, 6.45) is 4.27. The minimum Gasteiger partial charge on any atom is -0.464 e. The standard InChI is InChI=1S/C14H11FN2O/c15-12-7-17-6-5-10(12)14(16)11-8-18-13-4-2-1-3-9(11)13/h1-8,14H,16H2. The van der Waals surface area contributed by atoms with Gasteiger partial charge in [-0.15, -0.1) is 0 Å². The van der Waals surface area contributed by atoms with Crippen LogP contribution in [0.25, 0.3) is 11.0 Å². The predicted octanol–water partition coefficient (Wildman–Crippen LogP) is 3.02. The average molecular weight is 242 g/mol. The number of hydrogen-bond acceptors (Lipinski definition) is 3. The van der Waals surface area contributed by atoms with E-state index in [4.69, 9.17) is 10.2 Å². The van der Waals surface area contributed by atoms with Crippen LogP contribution in [0.5, 0.6) is 0 Å². The fourth-order valence-electron chi connectivity index (χ4n) is 2.04. The largest absolute Gasteiger partial charge is 0.464 e. The molecule has 0 radical (unpaired) electrons. The van der Waals surface area contributed by atoms with E-state index in [1.165, 1.54) is 6.20 Å². The van der Waals surface area contributed by atoms with Gasteiger partial charge in [-0.1, -0.05) is 18.2 Å². The number of furan rings is 1. The van der Waals surface area contributed by atoms with Crippen molar-refractivity contribution in [2.24, 2.45) is 5.73 Å². The Labute approximate surface area is 103 Å². The number of nitrogens with zero attached hydrogens (tertiary/aromatic N) is 1. The van der Waals surface area contributed by atoms with Crippen molar-refractivity contribution in [3.8, 4) is 0 Å². The van der Waals surface area contributed by atoms with Crippen molar-refractivity contribution in [3.63, 3.8) is 0 Å². The molecule has 3 aromatic rings. The highest BCUT2D eigenvalue weighted by molar-refractivity contribution is 5.81. The third kappa shape index (κ3) is 1.67. The first-order valence-corrected chi connectivity index (χ1v) is 5.58. The normalized spacial score (nSPS) is 12.8. The van der Waals surface area contributed by atoms with Crippen molar-refractivity contribution >= 4 is 11.0 Å². The van der Waals surface area contributed by atoms with Gasteiger partial charge in [-0.2, -0.15) is 0 Å². The minimum absolute atomic E-state index is 0.407. The number of halogens is 1. The Balaban J connectivity index is 2.13. The first kappa shape index (κ1) is 10.9. The smallest absolute Gasteiger partial charge is 0.146 e. The first-order valence-electron chi connectivity index (χ1n) is 5.58. The van der Waals surface area contributed by atoms with E-state index in [1.807, 2.05) is 24.3 Å². The molecule has 2 N–H and O–H groups in total. The summed E-state index contributed by atoms with van der Waals surface area (Å²) in [6.45, 7) is 0. The Bertz CT molecular complexity index is 693. The zero-order valence-electron chi connectivity index (χ0n) is 9.51. The van der Waals surface area contributed by atoms with Gasteiger partial charge in [0.2, 0.25) is 0 Å². The Kier molecular flexibility index (Phi) is 2.57. The van der Waals surface area contributed by atoms with Crippen LogP contribution in [0.2, 0.25) is 0 Å². The number of benzene rings is 1. The number of nitrogens with two attached hydrogens (primary N) is 1. The number of hydrogen-bond donors (Lipinski definition) is 1. The second-order valence-electron chi connectivity index (χ2n) is 4.06. The van der Waals surface area contributed by atoms with Crippen LogP contribution in [-0.4, -0.2) is 4.98 Å². The summed E-state index contributed by atoms with van der Waals surface area (Å²) in [7, 11) is 0. The van der Waals surface area contributed by atoms with Gasteiger partial charge < -0.3 is 10.2 Å². The number of aromatic nitrogens is 1. The van der Waals surface area contributed by atoms with Gasteiger partial charge in [-0.3, -0.25) is 4.98 Å². The SMILES string of the molecule is NC(c1ccncc1F)c1coc2ccccc12. The van der Waals surface area contributed by atoms with Gasteiger partial charge in [0.1, 0.15) is 11.4 Å². The molecular weight excluding hydrogens is 231 g/mol. The molecular formula is C14H11FN2O. The van der Waals surface area contributed by atoms with Crippen molar-refractivity contribution in [2.45, 2.75) is 6.04 Å². The van der Waals surface area contributed by atoms with Crippen molar-refractivity contribution in [3.05, 3.63) is 65.9 Å². The molecule has 0 aliphatic rings. The highest BCUT2D eigenvalue weighted by Gasteiger charge is 2.17. The summed E-state index contributed by atoms with van der Waals surface area (Å²) in [5, 5.41) is 0.904. The molecule has 4 heteroatoms. The lowest BCUT2D eigenvalue weighted by Crippen LogP contribution is -2.13. The second-order valence-corrected chi connectivity index (χ2v) is 4.06. The van der Waals surface area contributed by atoms with Crippen LogP contribution in [0.3, 0.4) is 0 Å². The van der Waals surface area contributed by atoms with Crippen LogP contribution in [-0.2, 0) is 0 Å². The second kappa shape index (κ2) is 4.23. The summed E-state index contributed by atoms with van der Waals surface area (Å²) >= 11 is 0. The number of rotatable bonds is 2. The molecule has 1 aromatic carbocycles. The molecule has 2 aromatic heterocycles. The molecule has 3 nitrogen and oxygen atoms in total. The van der Waals surface area contributed by atoms with Crippen LogP contribution in [0.15, 0.2) is 53.4 Å². The Hall–Kier alpha value is -2.20. The van der Waals surface area contributed by atoms with Crippen LogP contribution >= 0.6 is 0 Å². The number of fused-ring (bicyclic) bond motifs is 1. The molecule has 1 atom stereocenters. The van der Waals surface area contributed by atoms with E-state index < -0.39 is 11.9 Å². The molecule has 0 fully saturated rings. The van der Waals surface area contributed by atoms with E-state index in [0.29, 0.717) is 5.56 Å². The maximum Gasteiger partial charge on any atom is 0.146 e. The lowest BCUT2D eigenvalue weighted by atomic mass is 10.00. The molecule has 0 saturated heterocycles. The van der Waals surface area contributed by atoms with Crippen molar-refractivity contribution in [1.29, 1.82) is 0 Å². The molecule has 0 spiro atoms. The monoisotopic (exact) mass is 242 g/mol. The van der Waals surface area contributed by atoms with Gasteiger partial charge in [0.25, 0.3) is 0 Å². The van der Waals surface area contributed by atoms with E-state index in [0.717, 1.165) is 22.7 Å². The van der Waals surface area contributed by atoms with Crippen LogP contribution in [0.4, 0.5) is 4.39 Å². The number of pyridine rings is 1. The Morgan fingerprint density at radius 1 is 1.17 bits per heavy atom. The summed E-state index contributed by atoms with van der Waals surface area (Å²) < 4.78 is 19.1. The van der Waals surface area contributed by atoms with Gasteiger partial charge in [-0.25, -0.2) is 4.39 Å². The summed E-state index contributed by atoms with van der Waals surface area (Å²) in [5.74, 6) is -0.407. The summed E-state index contributed by atoms with van der Waals surface area (Å²) in [6, 6.07) is 8.57. The molecule has 0 saturated carbocycles. The lowest BCUT2D eigenvalue weighted by molar-refractivity contribution is 0.585. The molecule has 3 rings (SSSR count). The molecule has 90 valence electrons. The van der Waals surface area contributed by atoms with Crippen LogP contribution in [0.1, 0.15) is 17.2 Å². The molecule has 18 heavy (non-hydrogen) atoms. The zero-order valence-corrected chi connectivity index (χ0v) is 9.51. The quantitative estimate of drug-likeness (QED) is 0.751. The maximum atomic E-state index is 13.7. The Morgan fingerprint density at radius 2 is 2.00 bits per heavy atom. The molecule has 0 amide bonds. The van der Waals surface area contributed by atoms with Crippen molar-refractivity contribution < 1.29 is 8.81 Å². The fraction of sp³-hybridized carbons (Fsp3) is 0.0714. The first-order chi connectivity index (χ1) is 8.77. The minimum atomic E-state index is -0.559. The van der Waals surface area contributed by atoms with E-state index in [-0.39, 0.29) is 0 Å². The topological polar surface area (TPSA) is 52.0 Å². The lowest BCUT2D eigenvalue weighted by Gasteiger charge is -2.11. The summed E-state index contributed by atoms with van der Waals surface area (Å²) in [4.78, 5) is 3.72. The van der Waals surface area contributed by atoms with E-state index in [9.17, 15) is 4.39 Å². The van der Waals surface area contributed by atoms with Crippen LogP contribution < -0.4 is 5.73 Å². The predicted molar refractivity (Wildman–Crippen MR) is 66.4 cm³/mol. The maximum absolute atomic E-state index is 13.7. The van der Waals surface area contributed by atoms with E-state index in [2.05, 4.69) is 4.98 Å². The molecule has 0 bridgehead atoms. The highest BCUT2D eigenvalue weighted by Crippen LogP contribution is 2.29. The van der Waals surface area contributed by atoms with E-state index >= 15 is 0 Å². The summed E-state index contributed by atoms with van der Waals surface area (Å²) in [5.41, 5.74) is 8.03. The fourth-order valence-corrected chi connectivity index (χ4v) is 2.04. The average Bonchev–Trinajstić information content (AvgIpc) is 2.82. The Morgan fingerprint density at radius 3 is 2.83 bits per heavy atom. The molecule has 1 unspecified atom stereocenters. The van der Waals surface area contributed by atoms with Crippen LogP contribution in [0, 0.1) is 5.82 Å². The van der Waals surface area contributed by atoms with Gasteiger partial charge in [0.05, 0.1) is 18.5 Å². The molecule has 2 heterocycles. The van der Waals surface area contributed by atoms with Crippen molar-refractivity contribution in [1.82, 2.24) is 4.98 Å². The van der Waals surface area contributed by atoms with Gasteiger partial charge in [-0.05, 0) is 12.1 Å². The molecule has 0 aliphatic carbocycles. The molecule has 0 aliphatic heterocycles. The van der Waals surface area contributed by atoms with Gasteiger partial charge in [0.15, 0.2) is 0 Å². The highest BCUT2D eigenvalue weighted by atomic mass is 19.1. The number of para-hydroxylation sites is 1.